The van der Waals surface area contributed by atoms with Crippen molar-refractivity contribution in [3.05, 3.63) is 53.5 Å². The van der Waals surface area contributed by atoms with Crippen molar-refractivity contribution in [2.45, 2.75) is 13.3 Å². The summed E-state index contributed by atoms with van der Waals surface area (Å²) in [6.07, 6.45) is 0.455. The Morgan fingerprint density at radius 3 is 2.60 bits per heavy atom. The fraction of sp³-hybridized carbons (Fsp3) is 0.188. The van der Waals surface area contributed by atoms with Crippen molar-refractivity contribution in [3.8, 4) is 11.8 Å². The van der Waals surface area contributed by atoms with Crippen molar-refractivity contribution in [1.82, 2.24) is 0 Å². The van der Waals surface area contributed by atoms with Crippen LogP contribution in [-0.2, 0) is 0 Å². The standard InChI is InChI=1S/C16H15NO3/c1-12-5-10-15(20-12)16(19)17-14-8-6-13(7-9-14)4-2-3-11-18/h5-10,18H,3,11H2,1H3,(H,17,19). The van der Waals surface area contributed by atoms with Gasteiger partial charge in [0.05, 0.1) is 6.61 Å². The van der Waals surface area contributed by atoms with Crippen molar-refractivity contribution in [2.24, 2.45) is 0 Å². The number of aryl methyl sites for hydroxylation is 1. The van der Waals surface area contributed by atoms with Gasteiger partial charge < -0.3 is 14.8 Å². The van der Waals surface area contributed by atoms with Crippen LogP contribution in [0.25, 0.3) is 0 Å². The maximum atomic E-state index is 11.9. The van der Waals surface area contributed by atoms with E-state index >= 15 is 0 Å². The third-order valence-electron chi connectivity index (χ3n) is 2.58. The number of nitrogens with one attached hydrogen (secondary N) is 1. The zero-order valence-corrected chi connectivity index (χ0v) is 11.1. The average Bonchev–Trinajstić information content (AvgIpc) is 2.88. The van der Waals surface area contributed by atoms with Gasteiger partial charge in [0.15, 0.2) is 5.76 Å². The van der Waals surface area contributed by atoms with Gasteiger partial charge in [0.25, 0.3) is 5.91 Å². The van der Waals surface area contributed by atoms with E-state index in [1.807, 2.05) is 12.1 Å². The molecule has 0 fully saturated rings. The predicted molar refractivity (Wildman–Crippen MR) is 76.4 cm³/mol. The summed E-state index contributed by atoms with van der Waals surface area (Å²) in [5.41, 5.74) is 1.52. The van der Waals surface area contributed by atoms with Gasteiger partial charge in [-0.3, -0.25) is 4.79 Å². The van der Waals surface area contributed by atoms with Crippen LogP contribution in [0, 0.1) is 18.8 Å². The van der Waals surface area contributed by atoms with E-state index < -0.39 is 0 Å². The van der Waals surface area contributed by atoms with Crippen LogP contribution in [0.1, 0.15) is 28.3 Å². The summed E-state index contributed by atoms with van der Waals surface area (Å²) in [6, 6.07) is 10.6. The van der Waals surface area contributed by atoms with Crippen LogP contribution in [0.5, 0.6) is 0 Å². The average molecular weight is 269 g/mol. The normalized spacial score (nSPS) is 9.70. The Morgan fingerprint density at radius 1 is 1.25 bits per heavy atom. The Hall–Kier alpha value is -2.51. The monoisotopic (exact) mass is 269 g/mol. The molecule has 0 spiro atoms. The lowest BCUT2D eigenvalue weighted by atomic mass is 10.2. The van der Waals surface area contributed by atoms with E-state index in [0.717, 1.165) is 5.56 Å². The molecule has 2 aromatic rings. The molecule has 20 heavy (non-hydrogen) atoms. The van der Waals surface area contributed by atoms with Gasteiger partial charge in [-0.15, -0.1) is 0 Å². The Morgan fingerprint density at radius 2 is 2.00 bits per heavy atom. The van der Waals surface area contributed by atoms with Crippen LogP contribution in [0.15, 0.2) is 40.8 Å². The highest BCUT2D eigenvalue weighted by molar-refractivity contribution is 6.02. The second kappa shape index (κ2) is 6.60. The van der Waals surface area contributed by atoms with Crippen LogP contribution >= 0.6 is 0 Å². The molecule has 0 saturated heterocycles. The number of furan rings is 1. The van der Waals surface area contributed by atoms with Gasteiger partial charge >= 0.3 is 0 Å². The number of aliphatic hydroxyl groups is 1. The molecule has 0 bridgehead atoms. The quantitative estimate of drug-likeness (QED) is 0.842. The molecule has 1 aromatic carbocycles. The number of hydrogen-bond donors (Lipinski definition) is 2. The van der Waals surface area contributed by atoms with Crippen molar-refractivity contribution >= 4 is 11.6 Å². The minimum Gasteiger partial charge on any atom is -0.456 e. The third kappa shape index (κ3) is 3.74. The van der Waals surface area contributed by atoms with Gasteiger partial charge in [-0.1, -0.05) is 11.8 Å². The highest BCUT2D eigenvalue weighted by Crippen LogP contribution is 2.12. The summed E-state index contributed by atoms with van der Waals surface area (Å²) in [5, 5.41) is 11.4. The summed E-state index contributed by atoms with van der Waals surface area (Å²) in [4.78, 5) is 11.9. The highest BCUT2D eigenvalue weighted by Gasteiger charge is 2.09. The molecule has 0 aliphatic heterocycles. The molecular formula is C16H15NO3. The first-order valence-corrected chi connectivity index (χ1v) is 6.26. The van der Waals surface area contributed by atoms with Gasteiger partial charge in [-0.2, -0.15) is 0 Å². The maximum Gasteiger partial charge on any atom is 0.291 e. The second-order valence-corrected chi connectivity index (χ2v) is 4.22. The van der Waals surface area contributed by atoms with E-state index in [0.29, 0.717) is 17.9 Å². The van der Waals surface area contributed by atoms with Gasteiger partial charge in [0, 0.05) is 17.7 Å². The van der Waals surface area contributed by atoms with Crippen LogP contribution in [-0.4, -0.2) is 17.6 Å². The number of hydrogen-bond acceptors (Lipinski definition) is 3. The number of amides is 1. The minimum absolute atomic E-state index is 0.0592. The largest absolute Gasteiger partial charge is 0.456 e. The molecule has 4 heteroatoms. The van der Waals surface area contributed by atoms with E-state index in [4.69, 9.17) is 9.52 Å². The van der Waals surface area contributed by atoms with Crippen molar-refractivity contribution < 1.29 is 14.3 Å². The Balaban J connectivity index is 2.01. The number of carbonyl (C=O) groups is 1. The molecule has 4 nitrogen and oxygen atoms in total. The SMILES string of the molecule is Cc1ccc(C(=O)Nc2ccc(C#CCCO)cc2)o1. The maximum absolute atomic E-state index is 11.9. The number of aliphatic hydroxyl groups excluding tert-OH is 1. The summed E-state index contributed by atoms with van der Waals surface area (Å²) in [6.45, 7) is 1.85. The zero-order valence-electron chi connectivity index (χ0n) is 11.1. The number of carbonyl (C=O) groups excluding carboxylic acids is 1. The Bertz CT molecular complexity index is 644. The lowest BCUT2D eigenvalue weighted by Crippen LogP contribution is -2.10. The van der Waals surface area contributed by atoms with Crippen LogP contribution in [0.4, 0.5) is 5.69 Å². The zero-order chi connectivity index (χ0) is 14.4. The molecule has 0 aliphatic carbocycles. The lowest BCUT2D eigenvalue weighted by molar-refractivity contribution is 0.0995. The molecule has 102 valence electrons. The van der Waals surface area contributed by atoms with Crippen molar-refractivity contribution in [3.63, 3.8) is 0 Å². The van der Waals surface area contributed by atoms with Crippen molar-refractivity contribution in [1.29, 1.82) is 0 Å². The topological polar surface area (TPSA) is 62.5 Å². The smallest absolute Gasteiger partial charge is 0.291 e. The van der Waals surface area contributed by atoms with Crippen LogP contribution in [0.3, 0.4) is 0 Å². The van der Waals surface area contributed by atoms with Gasteiger partial charge in [0.2, 0.25) is 0 Å². The molecule has 0 saturated carbocycles. The molecule has 2 rings (SSSR count). The molecule has 0 atom stereocenters. The van der Waals surface area contributed by atoms with E-state index in [9.17, 15) is 4.79 Å². The molecular weight excluding hydrogens is 254 g/mol. The van der Waals surface area contributed by atoms with E-state index in [1.54, 1.807) is 31.2 Å². The van der Waals surface area contributed by atoms with Gasteiger partial charge in [0.1, 0.15) is 5.76 Å². The van der Waals surface area contributed by atoms with Crippen LogP contribution in [0.2, 0.25) is 0 Å². The summed E-state index contributed by atoms with van der Waals surface area (Å²) < 4.78 is 5.25. The second-order valence-electron chi connectivity index (χ2n) is 4.22. The summed E-state index contributed by atoms with van der Waals surface area (Å²) >= 11 is 0. The number of benzene rings is 1. The molecule has 1 amide bonds. The first-order valence-electron chi connectivity index (χ1n) is 6.26. The van der Waals surface area contributed by atoms with E-state index in [2.05, 4.69) is 17.2 Å². The Labute approximate surface area is 117 Å². The first-order chi connectivity index (χ1) is 9.69. The lowest BCUT2D eigenvalue weighted by Gasteiger charge is -2.02. The molecule has 0 aliphatic rings. The van der Waals surface area contributed by atoms with Crippen LogP contribution < -0.4 is 5.32 Å². The molecule has 1 heterocycles. The minimum atomic E-state index is -0.280. The first kappa shape index (κ1) is 13.9. The molecule has 0 radical (unpaired) electrons. The van der Waals surface area contributed by atoms with Gasteiger partial charge in [-0.05, 0) is 43.3 Å². The van der Waals surface area contributed by atoms with Gasteiger partial charge in [-0.25, -0.2) is 0 Å². The summed E-state index contributed by atoms with van der Waals surface area (Å²) in [5.74, 6) is 6.46. The Kier molecular flexibility index (Phi) is 4.59. The number of anilines is 1. The summed E-state index contributed by atoms with van der Waals surface area (Å²) in [7, 11) is 0. The fourth-order valence-electron chi connectivity index (χ4n) is 1.61. The molecule has 1 aromatic heterocycles. The molecule has 0 unspecified atom stereocenters. The van der Waals surface area contributed by atoms with E-state index in [-0.39, 0.29) is 18.3 Å². The third-order valence-corrected chi connectivity index (χ3v) is 2.58. The predicted octanol–water partition coefficient (Wildman–Crippen LogP) is 2.57. The number of rotatable bonds is 3. The van der Waals surface area contributed by atoms with E-state index in [1.165, 1.54) is 0 Å². The molecule has 2 N–H and O–H groups in total. The fourth-order valence-corrected chi connectivity index (χ4v) is 1.61. The van der Waals surface area contributed by atoms with Crippen molar-refractivity contribution in [2.75, 3.05) is 11.9 Å². The highest BCUT2D eigenvalue weighted by atomic mass is 16.3.